The molecular formula is C25H28F2N2O4S. The maximum atomic E-state index is 13.5. The van der Waals surface area contributed by atoms with Crippen molar-refractivity contribution in [2.75, 3.05) is 30.5 Å². The van der Waals surface area contributed by atoms with Crippen LogP contribution in [0.5, 0.6) is 0 Å². The van der Waals surface area contributed by atoms with Crippen LogP contribution in [-0.4, -0.2) is 51.6 Å². The third-order valence-corrected chi connectivity index (χ3v) is 9.18. The average molecular weight is 491 g/mol. The van der Waals surface area contributed by atoms with E-state index in [4.69, 9.17) is 4.74 Å². The van der Waals surface area contributed by atoms with E-state index in [2.05, 4.69) is 0 Å². The maximum absolute atomic E-state index is 13.5. The van der Waals surface area contributed by atoms with E-state index in [0.717, 1.165) is 30.5 Å². The van der Waals surface area contributed by atoms with E-state index in [1.165, 1.54) is 16.4 Å². The quantitative estimate of drug-likeness (QED) is 0.628. The van der Waals surface area contributed by atoms with Crippen LogP contribution < -0.4 is 4.31 Å². The van der Waals surface area contributed by atoms with Gasteiger partial charge in [-0.1, -0.05) is 30.3 Å². The fourth-order valence-electron chi connectivity index (χ4n) is 5.45. The molecule has 0 aliphatic carbocycles. The zero-order chi connectivity index (χ0) is 23.9. The molecule has 0 bridgehead atoms. The summed E-state index contributed by atoms with van der Waals surface area (Å²) >= 11 is 0. The molecule has 9 heteroatoms. The Bertz CT molecular complexity index is 1160. The molecule has 0 saturated carbocycles. The number of carbonyl (C=O) groups is 1. The molecule has 3 heterocycles. The first-order valence-electron chi connectivity index (χ1n) is 11.7. The smallest absolute Gasteiger partial charge is 0.264 e. The van der Waals surface area contributed by atoms with Gasteiger partial charge in [-0.3, -0.25) is 9.10 Å². The fourth-order valence-corrected chi connectivity index (χ4v) is 7.02. The first-order chi connectivity index (χ1) is 16.3. The summed E-state index contributed by atoms with van der Waals surface area (Å²) in [6, 6.07) is 12.3. The molecule has 1 spiro atoms. The summed E-state index contributed by atoms with van der Waals surface area (Å²) < 4.78 is 60.0. The van der Waals surface area contributed by atoms with Crippen molar-refractivity contribution in [3.63, 3.8) is 0 Å². The normalized spacial score (nSPS) is 21.9. The molecule has 2 aromatic rings. The number of hydrogen-bond donors (Lipinski definition) is 0. The molecule has 6 nitrogen and oxygen atoms in total. The van der Waals surface area contributed by atoms with Gasteiger partial charge in [0, 0.05) is 37.2 Å². The van der Waals surface area contributed by atoms with Crippen LogP contribution >= 0.6 is 0 Å². The van der Waals surface area contributed by atoms with Gasteiger partial charge in [0.25, 0.3) is 16.4 Å². The van der Waals surface area contributed by atoms with Crippen molar-refractivity contribution < 1.29 is 26.7 Å². The topological polar surface area (TPSA) is 66.9 Å². The number of anilines is 1. The number of sulfonamides is 1. The Balaban J connectivity index is 1.36. The number of para-hydroxylation sites is 1. The molecular weight excluding hydrogens is 462 g/mol. The minimum Gasteiger partial charge on any atom is -0.378 e. The van der Waals surface area contributed by atoms with Gasteiger partial charge in [0.2, 0.25) is 5.91 Å². The van der Waals surface area contributed by atoms with Crippen molar-refractivity contribution in [2.45, 2.75) is 54.9 Å². The maximum Gasteiger partial charge on any atom is 0.264 e. The highest BCUT2D eigenvalue weighted by molar-refractivity contribution is 7.92. The molecule has 2 aromatic carbocycles. The Morgan fingerprint density at radius 3 is 2.44 bits per heavy atom. The molecule has 34 heavy (non-hydrogen) atoms. The van der Waals surface area contributed by atoms with Gasteiger partial charge in [-0.2, -0.15) is 0 Å². The molecule has 182 valence electrons. The molecule has 3 aliphatic heterocycles. The third-order valence-electron chi connectivity index (χ3n) is 7.41. The van der Waals surface area contributed by atoms with Gasteiger partial charge in [0.15, 0.2) is 0 Å². The second-order valence-electron chi connectivity index (χ2n) is 9.40. The summed E-state index contributed by atoms with van der Waals surface area (Å²) in [5.41, 5.74) is 0.999. The Labute approximate surface area is 198 Å². The first-order valence-corrected chi connectivity index (χ1v) is 13.1. The summed E-state index contributed by atoms with van der Waals surface area (Å²) in [5.74, 6) is 0.0941. The zero-order valence-electron chi connectivity index (χ0n) is 18.8. The molecule has 1 amide bonds. The van der Waals surface area contributed by atoms with Gasteiger partial charge in [-0.25, -0.2) is 17.2 Å². The van der Waals surface area contributed by atoms with Crippen molar-refractivity contribution in [2.24, 2.45) is 0 Å². The summed E-state index contributed by atoms with van der Waals surface area (Å²) in [6.07, 6.45) is 0.997. The lowest BCUT2D eigenvalue weighted by atomic mass is 9.74. The second-order valence-corrected chi connectivity index (χ2v) is 11.3. The number of fused-ring (bicyclic) bond motifs is 2. The Hall–Kier alpha value is -2.52. The van der Waals surface area contributed by atoms with Crippen LogP contribution in [0, 0.1) is 0 Å². The molecule has 3 aliphatic rings. The molecule has 1 atom stereocenters. The lowest BCUT2D eigenvalue weighted by molar-refractivity contribution is -0.135. The van der Waals surface area contributed by atoms with E-state index in [-0.39, 0.29) is 34.4 Å². The summed E-state index contributed by atoms with van der Waals surface area (Å²) in [5, 5.41) is 0. The Morgan fingerprint density at radius 1 is 1.09 bits per heavy atom. The average Bonchev–Trinajstić information content (AvgIpc) is 3.47. The highest BCUT2D eigenvalue weighted by atomic mass is 32.2. The second kappa shape index (κ2) is 8.92. The molecule has 2 saturated heterocycles. The molecule has 0 aromatic heterocycles. The summed E-state index contributed by atoms with van der Waals surface area (Å²) in [6.45, 7) is 2.12. The molecule has 2 fully saturated rings. The lowest BCUT2D eigenvalue weighted by Gasteiger charge is -2.40. The van der Waals surface area contributed by atoms with Crippen LogP contribution in [0.25, 0.3) is 0 Å². The summed E-state index contributed by atoms with van der Waals surface area (Å²) in [7, 11) is -3.92. The van der Waals surface area contributed by atoms with E-state index in [9.17, 15) is 22.0 Å². The number of halogens is 2. The molecule has 1 unspecified atom stereocenters. The number of rotatable bonds is 5. The number of carbonyl (C=O) groups excluding carboxylic acids is 1. The number of hydrogen-bond acceptors (Lipinski definition) is 4. The number of likely N-dealkylation sites (tertiary alicyclic amines) is 1. The van der Waals surface area contributed by atoms with Crippen LogP contribution in [0.2, 0.25) is 0 Å². The highest BCUT2D eigenvalue weighted by Crippen LogP contribution is 2.48. The van der Waals surface area contributed by atoms with Crippen molar-refractivity contribution in [3.8, 4) is 0 Å². The van der Waals surface area contributed by atoms with Crippen molar-refractivity contribution in [1.82, 2.24) is 4.90 Å². The largest absolute Gasteiger partial charge is 0.378 e. The monoisotopic (exact) mass is 490 g/mol. The van der Waals surface area contributed by atoms with Crippen LogP contribution in [0.15, 0.2) is 53.4 Å². The van der Waals surface area contributed by atoms with Crippen molar-refractivity contribution in [1.29, 1.82) is 0 Å². The number of alkyl halides is 2. The molecule has 0 radical (unpaired) electrons. The van der Waals surface area contributed by atoms with Crippen molar-refractivity contribution >= 4 is 21.6 Å². The lowest BCUT2D eigenvalue weighted by Crippen LogP contribution is -2.48. The van der Waals surface area contributed by atoms with Gasteiger partial charge in [0.05, 0.1) is 23.1 Å². The van der Waals surface area contributed by atoms with E-state index < -0.39 is 16.4 Å². The molecule has 5 rings (SSSR count). The van der Waals surface area contributed by atoms with Gasteiger partial charge < -0.3 is 9.64 Å². The van der Waals surface area contributed by atoms with E-state index >= 15 is 0 Å². The number of ether oxygens (including phenoxy) is 1. The fraction of sp³-hybridized carbons (Fsp3) is 0.480. The highest BCUT2D eigenvalue weighted by Gasteiger charge is 2.48. The minimum absolute atomic E-state index is 0.00655. The van der Waals surface area contributed by atoms with Gasteiger partial charge in [0.1, 0.15) is 0 Å². The number of piperidine rings is 1. The zero-order valence-corrected chi connectivity index (χ0v) is 19.6. The molecule has 0 N–H and O–H groups in total. The predicted molar refractivity (Wildman–Crippen MR) is 123 cm³/mol. The van der Waals surface area contributed by atoms with Crippen LogP contribution in [-0.2, 0) is 25.0 Å². The van der Waals surface area contributed by atoms with E-state index in [1.54, 1.807) is 12.1 Å². The standard InChI is InChI=1S/C25H28F2N2O4S/c26-24(27)18-7-9-20(10-8-18)34(31,32)29-17-25(21-5-1-2-6-22(21)29)11-13-28(14-12-25)23(30)16-19-4-3-15-33-19/h1-2,5-10,19,24H,3-4,11-17H2. The first kappa shape index (κ1) is 23.2. The van der Waals surface area contributed by atoms with Crippen LogP contribution in [0.3, 0.4) is 0 Å². The van der Waals surface area contributed by atoms with E-state index in [0.29, 0.717) is 44.6 Å². The SMILES string of the molecule is O=C(CC1CCCO1)N1CCC2(CC1)CN(S(=O)(=O)c1ccc(C(F)F)cc1)c1ccccc12. The Morgan fingerprint density at radius 2 is 1.79 bits per heavy atom. The number of nitrogens with zero attached hydrogens (tertiary/aromatic N) is 2. The van der Waals surface area contributed by atoms with Gasteiger partial charge >= 0.3 is 0 Å². The van der Waals surface area contributed by atoms with E-state index in [1.807, 2.05) is 17.0 Å². The number of benzene rings is 2. The van der Waals surface area contributed by atoms with Crippen LogP contribution in [0.4, 0.5) is 14.5 Å². The van der Waals surface area contributed by atoms with Gasteiger partial charge in [-0.15, -0.1) is 0 Å². The summed E-state index contributed by atoms with van der Waals surface area (Å²) in [4.78, 5) is 14.6. The minimum atomic E-state index is -3.92. The predicted octanol–water partition coefficient (Wildman–Crippen LogP) is 4.26. The van der Waals surface area contributed by atoms with Crippen LogP contribution in [0.1, 0.15) is 49.7 Å². The number of amides is 1. The van der Waals surface area contributed by atoms with Crippen molar-refractivity contribution in [3.05, 3.63) is 59.7 Å². The van der Waals surface area contributed by atoms with Gasteiger partial charge in [-0.05, 0) is 49.4 Å². The Kier molecular flexibility index (Phi) is 6.10. The third kappa shape index (κ3) is 4.09.